The van der Waals surface area contributed by atoms with Gasteiger partial charge in [0, 0.05) is 5.69 Å². The highest BCUT2D eigenvalue weighted by Gasteiger charge is 2.23. The second-order valence-corrected chi connectivity index (χ2v) is 5.54. The Morgan fingerprint density at radius 2 is 1.79 bits per heavy atom. The van der Waals surface area contributed by atoms with Crippen LogP contribution in [-0.2, 0) is 16.1 Å². The van der Waals surface area contributed by atoms with Gasteiger partial charge in [-0.15, -0.1) is 0 Å². The monoisotopic (exact) mass is 329 g/mol. The summed E-state index contributed by atoms with van der Waals surface area (Å²) in [6.45, 7) is 2.00. The third kappa shape index (κ3) is 5.37. The van der Waals surface area contributed by atoms with E-state index in [4.69, 9.17) is 9.47 Å². The Balaban J connectivity index is 1.97. The summed E-state index contributed by atoms with van der Waals surface area (Å²) in [5, 5.41) is 13.3. The lowest BCUT2D eigenvalue weighted by Gasteiger charge is -2.23. The zero-order valence-electron chi connectivity index (χ0n) is 13.9. The van der Waals surface area contributed by atoms with Crippen LogP contribution in [0.5, 0.6) is 5.75 Å². The van der Waals surface area contributed by atoms with Crippen molar-refractivity contribution in [2.24, 2.45) is 0 Å². The average molecular weight is 329 g/mol. The second-order valence-electron chi connectivity index (χ2n) is 5.54. The first kappa shape index (κ1) is 18.0. The van der Waals surface area contributed by atoms with Gasteiger partial charge in [-0.1, -0.05) is 30.3 Å². The fraction of sp³-hybridized carbons (Fsp3) is 0.316. The molecule has 0 radical (unpaired) electrons. The molecule has 2 N–H and O–H groups in total. The van der Waals surface area contributed by atoms with Gasteiger partial charge in [0.25, 0.3) is 0 Å². The Bertz CT molecular complexity index is 628. The summed E-state index contributed by atoms with van der Waals surface area (Å²) >= 11 is 0. The van der Waals surface area contributed by atoms with Crippen LogP contribution in [-0.4, -0.2) is 36.8 Å². The fourth-order valence-corrected chi connectivity index (χ4v) is 2.27. The molecule has 2 rings (SSSR count). The quantitative estimate of drug-likeness (QED) is 0.740. The van der Waals surface area contributed by atoms with Crippen LogP contribution in [0.4, 0.5) is 5.69 Å². The Kier molecular flexibility index (Phi) is 6.78. The van der Waals surface area contributed by atoms with Gasteiger partial charge in [-0.2, -0.15) is 0 Å². The van der Waals surface area contributed by atoms with E-state index in [2.05, 4.69) is 5.32 Å². The minimum Gasteiger partial charge on any atom is -0.497 e. The van der Waals surface area contributed by atoms with E-state index in [0.717, 1.165) is 17.0 Å². The van der Waals surface area contributed by atoms with E-state index in [1.54, 1.807) is 7.11 Å². The molecule has 0 amide bonds. The number of nitrogens with one attached hydrogen (secondary N) is 1. The smallest absolute Gasteiger partial charge is 0.160 e. The van der Waals surface area contributed by atoms with Crippen molar-refractivity contribution in [3.63, 3.8) is 0 Å². The predicted octanol–water partition coefficient (Wildman–Crippen LogP) is 2.64. The van der Waals surface area contributed by atoms with Crippen molar-refractivity contribution in [3.05, 3.63) is 60.2 Å². The topological polar surface area (TPSA) is 67.8 Å². The van der Waals surface area contributed by atoms with Crippen LogP contribution in [0.15, 0.2) is 54.6 Å². The maximum atomic E-state index is 11.5. The predicted molar refractivity (Wildman–Crippen MR) is 93.2 cm³/mol. The maximum Gasteiger partial charge on any atom is 0.160 e. The molecule has 0 bridgehead atoms. The van der Waals surface area contributed by atoms with Crippen molar-refractivity contribution in [2.45, 2.75) is 25.7 Å². The average Bonchev–Trinajstić information content (AvgIpc) is 2.61. The normalized spacial score (nSPS) is 13.1. The second kappa shape index (κ2) is 9.05. The van der Waals surface area contributed by atoms with Gasteiger partial charge in [0.1, 0.15) is 11.9 Å². The summed E-state index contributed by atoms with van der Waals surface area (Å²) in [6.07, 6.45) is -1.14. The molecule has 24 heavy (non-hydrogen) atoms. The van der Waals surface area contributed by atoms with E-state index in [0.29, 0.717) is 6.61 Å². The summed E-state index contributed by atoms with van der Waals surface area (Å²) in [4.78, 5) is 11.5. The van der Waals surface area contributed by atoms with Crippen molar-refractivity contribution in [2.75, 3.05) is 19.0 Å². The van der Waals surface area contributed by atoms with E-state index in [1.165, 1.54) is 6.92 Å². The van der Waals surface area contributed by atoms with Crippen LogP contribution < -0.4 is 10.1 Å². The molecule has 2 atom stereocenters. The lowest BCUT2D eigenvalue weighted by atomic mass is 10.1. The number of hydrogen-bond acceptors (Lipinski definition) is 5. The molecule has 5 nitrogen and oxygen atoms in total. The number of rotatable bonds is 9. The summed E-state index contributed by atoms with van der Waals surface area (Å²) in [5.41, 5.74) is 1.82. The van der Waals surface area contributed by atoms with E-state index in [1.807, 2.05) is 54.6 Å². The molecule has 0 saturated carbocycles. The molecule has 5 heteroatoms. The molecule has 0 heterocycles. The molecule has 0 aliphatic heterocycles. The molecular weight excluding hydrogens is 306 g/mol. The Hall–Kier alpha value is -2.37. The van der Waals surface area contributed by atoms with E-state index < -0.39 is 12.1 Å². The van der Waals surface area contributed by atoms with Gasteiger partial charge in [-0.05, 0) is 36.8 Å². The highest BCUT2D eigenvalue weighted by Crippen LogP contribution is 2.17. The Morgan fingerprint density at radius 1 is 1.12 bits per heavy atom. The van der Waals surface area contributed by atoms with Crippen LogP contribution in [0.1, 0.15) is 12.5 Å². The zero-order valence-corrected chi connectivity index (χ0v) is 13.9. The first-order valence-electron chi connectivity index (χ1n) is 7.81. The van der Waals surface area contributed by atoms with Crippen LogP contribution in [0.2, 0.25) is 0 Å². The van der Waals surface area contributed by atoms with Gasteiger partial charge in [0.15, 0.2) is 5.78 Å². The number of aliphatic hydroxyl groups is 1. The molecule has 0 saturated heterocycles. The number of ketones is 1. The van der Waals surface area contributed by atoms with Gasteiger partial charge >= 0.3 is 0 Å². The first-order chi connectivity index (χ1) is 11.6. The third-order valence-corrected chi connectivity index (χ3v) is 3.65. The standard InChI is InChI=1S/C19H23NO4/c1-14(21)19(22)18(13-24-12-15-6-4-3-5-7-15)20-16-8-10-17(23-2)11-9-16/h3-11,18-20,22H,12-13H2,1-2H3/t18-,19-/m1/s1. The lowest BCUT2D eigenvalue weighted by molar-refractivity contribution is -0.126. The zero-order chi connectivity index (χ0) is 17.4. The number of hydrogen-bond donors (Lipinski definition) is 2. The molecule has 0 fully saturated rings. The van der Waals surface area contributed by atoms with Crippen LogP contribution >= 0.6 is 0 Å². The molecule has 0 aromatic heterocycles. The van der Waals surface area contributed by atoms with E-state index in [9.17, 15) is 9.90 Å². The molecule has 0 aliphatic rings. The van der Waals surface area contributed by atoms with Crippen molar-refractivity contribution >= 4 is 11.5 Å². The van der Waals surface area contributed by atoms with Crippen molar-refractivity contribution in [1.29, 1.82) is 0 Å². The molecule has 128 valence electrons. The van der Waals surface area contributed by atoms with Gasteiger partial charge in [-0.3, -0.25) is 4.79 Å². The van der Waals surface area contributed by atoms with E-state index >= 15 is 0 Å². The summed E-state index contributed by atoms with van der Waals surface area (Å²) < 4.78 is 10.8. The van der Waals surface area contributed by atoms with Gasteiger partial charge < -0.3 is 19.9 Å². The fourth-order valence-electron chi connectivity index (χ4n) is 2.27. The highest BCUT2D eigenvalue weighted by atomic mass is 16.5. The molecule has 0 aliphatic carbocycles. The first-order valence-corrected chi connectivity index (χ1v) is 7.81. The molecular formula is C19H23NO4. The number of anilines is 1. The summed E-state index contributed by atoms with van der Waals surface area (Å²) in [5.74, 6) is 0.439. The molecule has 0 spiro atoms. The number of aliphatic hydroxyl groups excluding tert-OH is 1. The Labute approximate surface area is 142 Å². The number of ether oxygens (including phenoxy) is 2. The minimum atomic E-state index is -1.14. The highest BCUT2D eigenvalue weighted by molar-refractivity contribution is 5.81. The van der Waals surface area contributed by atoms with Crippen molar-refractivity contribution in [3.8, 4) is 5.75 Å². The molecule has 2 aromatic rings. The van der Waals surface area contributed by atoms with Crippen molar-refractivity contribution < 1.29 is 19.4 Å². The number of Topliss-reactive ketones (excluding diaryl/α,β-unsaturated/α-hetero) is 1. The number of methoxy groups -OCH3 is 1. The summed E-state index contributed by atoms with van der Waals surface area (Å²) in [6, 6.07) is 16.5. The van der Waals surface area contributed by atoms with Gasteiger partial charge in [-0.25, -0.2) is 0 Å². The third-order valence-electron chi connectivity index (χ3n) is 3.65. The number of carbonyl (C=O) groups excluding carboxylic acids is 1. The van der Waals surface area contributed by atoms with Crippen LogP contribution in [0, 0.1) is 0 Å². The molecule has 2 aromatic carbocycles. The Morgan fingerprint density at radius 3 is 2.38 bits per heavy atom. The van der Waals surface area contributed by atoms with Crippen LogP contribution in [0.3, 0.4) is 0 Å². The maximum absolute atomic E-state index is 11.5. The molecule has 0 unspecified atom stereocenters. The van der Waals surface area contributed by atoms with Gasteiger partial charge in [0.2, 0.25) is 0 Å². The minimum absolute atomic E-state index is 0.210. The number of benzene rings is 2. The van der Waals surface area contributed by atoms with Crippen LogP contribution in [0.25, 0.3) is 0 Å². The number of carbonyl (C=O) groups is 1. The van der Waals surface area contributed by atoms with Crippen molar-refractivity contribution in [1.82, 2.24) is 0 Å². The lowest BCUT2D eigenvalue weighted by Crippen LogP contribution is -2.41. The SMILES string of the molecule is COc1ccc(N[C@H](COCc2ccccc2)[C@H](O)C(C)=O)cc1. The largest absolute Gasteiger partial charge is 0.497 e. The van der Waals surface area contributed by atoms with E-state index in [-0.39, 0.29) is 12.4 Å². The summed E-state index contributed by atoms with van der Waals surface area (Å²) in [7, 11) is 1.60. The van der Waals surface area contributed by atoms with Gasteiger partial charge in [0.05, 0.1) is 26.4 Å².